The molecule has 1 saturated heterocycles. The summed E-state index contributed by atoms with van der Waals surface area (Å²) in [6.07, 6.45) is 7.36. The maximum absolute atomic E-state index is 6.21. The van der Waals surface area contributed by atoms with Gasteiger partial charge < -0.3 is 15.8 Å². The summed E-state index contributed by atoms with van der Waals surface area (Å²) in [7, 11) is 0. The fourth-order valence-electron chi connectivity index (χ4n) is 4.85. The number of nitrogens with one attached hydrogen (secondary N) is 1. The first-order valence-electron chi connectivity index (χ1n) is 12.7. The monoisotopic (exact) mass is 494 g/mol. The van der Waals surface area contributed by atoms with Gasteiger partial charge in [0.25, 0.3) is 0 Å². The number of hydrogen-bond acceptors (Lipinski definition) is 8. The summed E-state index contributed by atoms with van der Waals surface area (Å²) in [6.45, 7) is 4.54. The molecule has 9 heteroatoms. The number of anilines is 3. The third-order valence-corrected chi connectivity index (χ3v) is 6.82. The molecular formula is C28H30N8O. The van der Waals surface area contributed by atoms with Crippen molar-refractivity contribution in [3.8, 4) is 17.1 Å². The van der Waals surface area contributed by atoms with Gasteiger partial charge in [0, 0.05) is 30.9 Å². The Morgan fingerprint density at radius 1 is 0.973 bits per heavy atom. The molecule has 0 spiro atoms. The molecule has 1 aliphatic heterocycles. The number of nitrogen functional groups attached to an aromatic ring is 1. The Kier molecular flexibility index (Phi) is 6.62. The molecule has 0 saturated carbocycles. The van der Waals surface area contributed by atoms with Crippen molar-refractivity contribution in [2.24, 2.45) is 0 Å². The highest BCUT2D eigenvalue weighted by molar-refractivity contribution is 5.68. The van der Waals surface area contributed by atoms with Crippen molar-refractivity contribution in [2.75, 3.05) is 43.9 Å². The Morgan fingerprint density at radius 2 is 1.78 bits per heavy atom. The number of benzene rings is 2. The molecule has 2 aromatic carbocycles. The van der Waals surface area contributed by atoms with Crippen LogP contribution < -0.4 is 11.1 Å². The molecule has 0 radical (unpaired) electrons. The largest absolute Gasteiger partial charge is 0.379 e. The summed E-state index contributed by atoms with van der Waals surface area (Å²) >= 11 is 0. The van der Waals surface area contributed by atoms with Crippen LogP contribution in [0.15, 0.2) is 60.7 Å². The second-order valence-electron chi connectivity index (χ2n) is 9.35. The van der Waals surface area contributed by atoms with Crippen molar-refractivity contribution in [3.63, 3.8) is 0 Å². The third kappa shape index (κ3) is 5.23. The van der Waals surface area contributed by atoms with E-state index in [0.29, 0.717) is 11.8 Å². The van der Waals surface area contributed by atoms with Crippen LogP contribution >= 0.6 is 0 Å². The van der Waals surface area contributed by atoms with Crippen LogP contribution in [-0.4, -0.2) is 62.7 Å². The van der Waals surface area contributed by atoms with E-state index in [1.807, 2.05) is 24.3 Å². The second kappa shape index (κ2) is 10.5. The summed E-state index contributed by atoms with van der Waals surface area (Å²) in [6, 6.07) is 18.6. The summed E-state index contributed by atoms with van der Waals surface area (Å²) in [5, 5.41) is 16.8. The van der Waals surface area contributed by atoms with E-state index in [2.05, 4.69) is 73.0 Å². The van der Waals surface area contributed by atoms with E-state index in [0.717, 1.165) is 80.2 Å². The minimum absolute atomic E-state index is 0.258. The van der Waals surface area contributed by atoms with Gasteiger partial charge in [-0.25, -0.2) is 0 Å². The average Bonchev–Trinajstić information content (AvgIpc) is 3.19. The fraction of sp³-hybridized carbons (Fsp3) is 0.286. The molecule has 9 nitrogen and oxygen atoms in total. The first-order chi connectivity index (χ1) is 18.2. The molecule has 37 heavy (non-hydrogen) atoms. The second-order valence-corrected chi connectivity index (χ2v) is 9.35. The van der Waals surface area contributed by atoms with Crippen LogP contribution in [0.2, 0.25) is 0 Å². The maximum atomic E-state index is 6.21. The van der Waals surface area contributed by atoms with E-state index in [1.165, 1.54) is 10.2 Å². The Labute approximate surface area is 216 Å². The quantitative estimate of drug-likeness (QED) is 0.416. The molecule has 4 aromatic rings. The van der Waals surface area contributed by atoms with Crippen LogP contribution in [0, 0.1) is 0 Å². The Balaban J connectivity index is 1.15. The van der Waals surface area contributed by atoms with E-state index in [1.54, 1.807) is 0 Å². The average molecular weight is 495 g/mol. The SMILES string of the molecule is Nc1nc(Nc2ccc(C=CCN3CCOCC3)cc2)nn1-c1cc2c(nn1)-c1ccccc1CCC2. The zero-order chi connectivity index (χ0) is 25.0. The highest BCUT2D eigenvalue weighted by Gasteiger charge is 2.19. The zero-order valence-corrected chi connectivity index (χ0v) is 20.7. The molecule has 0 bridgehead atoms. The Morgan fingerprint density at radius 3 is 2.65 bits per heavy atom. The summed E-state index contributed by atoms with van der Waals surface area (Å²) in [5.74, 6) is 1.24. The predicted molar refractivity (Wildman–Crippen MR) is 145 cm³/mol. The lowest BCUT2D eigenvalue weighted by Gasteiger charge is -2.25. The molecule has 3 heterocycles. The predicted octanol–water partition coefficient (Wildman–Crippen LogP) is 3.88. The first kappa shape index (κ1) is 23.3. The molecule has 1 fully saturated rings. The number of morpholine rings is 1. The van der Waals surface area contributed by atoms with Gasteiger partial charge in [0.15, 0.2) is 5.82 Å². The topological polar surface area (TPSA) is 107 Å². The van der Waals surface area contributed by atoms with Gasteiger partial charge in [-0.3, -0.25) is 4.90 Å². The Bertz CT molecular complexity index is 1410. The van der Waals surface area contributed by atoms with Crippen LogP contribution in [0.4, 0.5) is 17.6 Å². The number of fused-ring (bicyclic) bond motifs is 3. The standard InChI is InChI=1S/C28H30N8O/c29-27-31-28(30-23-12-10-20(11-13-23)5-4-14-35-15-17-37-18-16-35)34-36(27)25-19-22-8-3-7-21-6-1-2-9-24(21)26(22)33-32-25/h1-2,4-6,9-13,19H,3,7-8,14-18H2,(H3,29,30,31,34). The lowest BCUT2D eigenvalue weighted by Crippen LogP contribution is -2.36. The van der Waals surface area contributed by atoms with Crippen LogP contribution in [0.3, 0.4) is 0 Å². The number of ether oxygens (including phenoxy) is 1. The third-order valence-electron chi connectivity index (χ3n) is 6.82. The minimum Gasteiger partial charge on any atom is -0.379 e. The molecule has 188 valence electrons. The van der Waals surface area contributed by atoms with Crippen LogP contribution in [0.5, 0.6) is 0 Å². The normalized spacial score (nSPS) is 15.8. The van der Waals surface area contributed by atoms with Gasteiger partial charge in [-0.1, -0.05) is 48.6 Å². The molecule has 0 amide bonds. The molecular weight excluding hydrogens is 464 g/mol. The van der Waals surface area contributed by atoms with Crippen molar-refractivity contribution >= 4 is 23.7 Å². The van der Waals surface area contributed by atoms with Gasteiger partial charge in [0.1, 0.15) is 0 Å². The number of hydrogen-bond donors (Lipinski definition) is 2. The van der Waals surface area contributed by atoms with Crippen LogP contribution in [-0.2, 0) is 17.6 Å². The van der Waals surface area contributed by atoms with Crippen molar-refractivity contribution in [3.05, 3.63) is 77.4 Å². The van der Waals surface area contributed by atoms with Crippen LogP contribution in [0.1, 0.15) is 23.1 Å². The summed E-state index contributed by atoms with van der Waals surface area (Å²) in [5.41, 5.74) is 12.8. The van der Waals surface area contributed by atoms with Crippen molar-refractivity contribution < 1.29 is 4.74 Å². The van der Waals surface area contributed by atoms with Crippen molar-refractivity contribution in [1.29, 1.82) is 0 Å². The lowest BCUT2D eigenvalue weighted by molar-refractivity contribution is 0.0435. The van der Waals surface area contributed by atoms with E-state index in [4.69, 9.17) is 10.5 Å². The highest BCUT2D eigenvalue weighted by Crippen LogP contribution is 2.31. The molecule has 0 atom stereocenters. The molecule has 3 N–H and O–H groups in total. The van der Waals surface area contributed by atoms with E-state index < -0.39 is 0 Å². The van der Waals surface area contributed by atoms with Crippen LogP contribution in [0.25, 0.3) is 23.2 Å². The number of nitrogens with two attached hydrogens (primary N) is 1. The van der Waals surface area contributed by atoms with Gasteiger partial charge >= 0.3 is 0 Å². The Hall–Kier alpha value is -4.08. The highest BCUT2D eigenvalue weighted by atomic mass is 16.5. The van der Waals surface area contributed by atoms with Gasteiger partial charge in [-0.05, 0) is 54.2 Å². The van der Waals surface area contributed by atoms with Crippen molar-refractivity contribution in [1.82, 2.24) is 29.9 Å². The van der Waals surface area contributed by atoms with Gasteiger partial charge in [-0.15, -0.1) is 15.3 Å². The molecule has 2 aromatic heterocycles. The number of aryl methyl sites for hydroxylation is 2. The van der Waals surface area contributed by atoms with E-state index in [9.17, 15) is 0 Å². The zero-order valence-electron chi connectivity index (χ0n) is 20.7. The smallest absolute Gasteiger partial charge is 0.248 e. The van der Waals surface area contributed by atoms with Crippen molar-refractivity contribution in [2.45, 2.75) is 19.3 Å². The number of rotatable bonds is 6. The minimum atomic E-state index is 0.258. The summed E-state index contributed by atoms with van der Waals surface area (Å²) in [4.78, 5) is 6.78. The number of nitrogens with zero attached hydrogens (tertiary/aromatic N) is 6. The maximum Gasteiger partial charge on any atom is 0.248 e. The van der Waals surface area contributed by atoms with E-state index in [-0.39, 0.29) is 5.95 Å². The molecule has 0 unspecified atom stereocenters. The molecule has 2 aliphatic rings. The fourth-order valence-corrected chi connectivity index (χ4v) is 4.85. The first-order valence-corrected chi connectivity index (χ1v) is 12.7. The van der Waals surface area contributed by atoms with Gasteiger partial charge in [0.2, 0.25) is 11.9 Å². The molecule has 6 rings (SSSR count). The lowest BCUT2D eigenvalue weighted by atomic mass is 10.0. The summed E-state index contributed by atoms with van der Waals surface area (Å²) < 4.78 is 6.94. The van der Waals surface area contributed by atoms with E-state index >= 15 is 0 Å². The van der Waals surface area contributed by atoms with Gasteiger partial charge in [-0.2, -0.15) is 9.67 Å². The number of aromatic nitrogens is 5. The molecule has 1 aliphatic carbocycles. The van der Waals surface area contributed by atoms with Gasteiger partial charge in [0.05, 0.1) is 18.9 Å².